The van der Waals surface area contributed by atoms with Crippen LogP contribution in [0.1, 0.15) is 5.56 Å². The highest BCUT2D eigenvalue weighted by molar-refractivity contribution is 6.30. The number of esters is 1. The summed E-state index contributed by atoms with van der Waals surface area (Å²) in [7, 11) is 2.88. The third kappa shape index (κ3) is 6.04. The molecule has 2 rings (SSSR count). The van der Waals surface area contributed by atoms with Crippen molar-refractivity contribution in [3.05, 3.63) is 59.1 Å². The maximum absolute atomic E-state index is 11.1. The molecule has 132 valence electrons. The third-order valence-electron chi connectivity index (χ3n) is 3.21. The highest BCUT2D eigenvalue weighted by Gasteiger charge is 2.05. The molecule has 0 aliphatic rings. The summed E-state index contributed by atoms with van der Waals surface area (Å²) in [5.74, 6) is 1.42. The quantitative estimate of drug-likeness (QED) is 0.403. The molecule has 0 saturated heterocycles. The van der Waals surface area contributed by atoms with Crippen LogP contribution in [-0.2, 0) is 9.53 Å². The zero-order chi connectivity index (χ0) is 18.1. The largest absolute Gasteiger partial charge is 0.493 e. The molecule has 0 aromatic heterocycles. The number of benzene rings is 2. The van der Waals surface area contributed by atoms with Crippen LogP contribution in [0.5, 0.6) is 17.2 Å². The highest BCUT2D eigenvalue weighted by atomic mass is 35.5. The Morgan fingerprint density at radius 3 is 2.56 bits per heavy atom. The Hall–Kier alpha value is -2.66. The Bertz CT molecular complexity index is 742. The smallest absolute Gasteiger partial charge is 0.330 e. The molecule has 2 aromatic rings. The van der Waals surface area contributed by atoms with Gasteiger partial charge in [-0.25, -0.2) is 4.79 Å². The molecular formula is C19H19ClO5. The van der Waals surface area contributed by atoms with Gasteiger partial charge in [-0.1, -0.05) is 23.7 Å². The molecule has 0 amide bonds. The summed E-state index contributed by atoms with van der Waals surface area (Å²) in [6, 6.07) is 12.5. The molecule has 6 heteroatoms. The fourth-order valence-electron chi connectivity index (χ4n) is 2.01. The minimum absolute atomic E-state index is 0.347. The molecule has 0 radical (unpaired) electrons. The lowest BCUT2D eigenvalue weighted by atomic mass is 10.2. The average Bonchev–Trinajstić information content (AvgIpc) is 2.63. The SMILES string of the molecule is COC(=O)/C=C/c1ccc(OCCOc2cccc(Cl)c2)c(OC)c1. The van der Waals surface area contributed by atoms with Crippen molar-refractivity contribution >= 4 is 23.6 Å². The van der Waals surface area contributed by atoms with E-state index in [-0.39, 0.29) is 0 Å². The number of hydrogen-bond donors (Lipinski definition) is 0. The van der Waals surface area contributed by atoms with E-state index in [1.165, 1.54) is 13.2 Å². The second kappa shape index (κ2) is 9.59. The standard InChI is InChI=1S/C19H19ClO5/c1-22-18-12-14(7-9-19(21)23-2)6-8-17(18)25-11-10-24-16-5-3-4-15(20)13-16/h3-9,12-13H,10-11H2,1-2H3/b9-7+. The van der Waals surface area contributed by atoms with Gasteiger partial charge >= 0.3 is 5.97 Å². The number of carbonyl (C=O) groups is 1. The van der Waals surface area contributed by atoms with Gasteiger partial charge in [-0.2, -0.15) is 0 Å². The van der Waals surface area contributed by atoms with E-state index in [0.717, 1.165) is 5.56 Å². The van der Waals surface area contributed by atoms with E-state index in [1.54, 1.807) is 37.5 Å². The minimum Gasteiger partial charge on any atom is -0.493 e. The van der Waals surface area contributed by atoms with Crippen molar-refractivity contribution < 1.29 is 23.7 Å². The average molecular weight is 363 g/mol. The van der Waals surface area contributed by atoms with E-state index >= 15 is 0 Å². The van der Waals surface area contributed by atoms with Crippen molar-refractivity contribution in [3.8, 4) is 17.2 Å². The van der Waals surface area contributed by atoms with Gasteiger partial charge in [0.05, 0.1) is 14.2 Å². The minimum atomic E-state index is -0.419. The molecule has 0 unspecified atom stereocenters. The van der Waals surface area contributed by atoms with Gasteiger partial charge in [0.25, 0.3) is 0 Å². The van der Waals surface area contributed by atoms with E-state index in [1.807, 2.05) is 18.2 Å². The zero-order valence-corrected chi connectivity index (χ0v) is 14.8. The van der Waals surface area contributed by atoms with Crippen molar-refractivity contribution in [3.63, 3.8) is 0 Å². The van der Waals surface area contributed by atoms with Gasteiger partial charge in [-0.3, -0.25) is 0 Å². The molecular weight excluding hydrogens is 344 g/mol. The van der Waals surface area contributed by atoms with Crippen LogP contribution in [0.3, 0.4) is 0 Å². The van der Waals surface area contributed by atoms with E-state index in [2.05, 4.69) is 4.74 Å². The molecule has 25 heavy (non-hydrogen) atoms. The molecule has 0 heterocycles. The second-order valence-corrected chi connectivity index (χ2v) is 5.36. The van der Waals surface area contributed by atoms with Gasteiger partial charge in [0.2, 0.25) is 0 Å². The Kier molecular flexibility index (Phi) is 7.16. The van der Waals surface area contributed by atoms with E-state index in [9.17, 15) is 4.79 Å². The maximum atomic E-state index is 11.1. The van der Waals surface area contributed by atoms with Crippen molar-refractivity contribution in [2.75, 3.05) is 27.4 Å². The molecule has 0 bridgehead atoms. The van der Waals surface area contributed by atoms with Crippen LogP contribution in [0, 0.1) is 0 Å². The summed E-state index contributed by atoms with van der Waals surface area (Å²) in [5.41, 5.74) is 0.796. The van der Waals surface area contributed by atoms with E-state index < -0.39 is 5.97 Å². The molecule has 0 atom stereocenters. The maximum Gasteiger partial charge on any atom is 0.330 e. The van der Waals surface area contributed by atoms with Gasteiger partial charge in [0, 0.05) is 11.1 Å². The van der Waals surface area contributed by atoms with Crippen LogP contribution in [0.25, 0.3) is 6.08 Å². The van der Waals surface area contributed by atoms with Crippen molar-refractivity contribution in [2.24, 2.45) is 0 Å². The number of hydrogen-bond acceptors (Lipinski definition) is 5. The number of ether oxygens (including phenoxy) is 4. The molecule has 0 N–H and O–H groups in total. The van der Waals surface area contributed by atoms with Crippen molar-refractivity contribution in [2.45, 2.75) is 0 Å². The lowest BCUT2D eigenvalue weighted by Crippen LogP contribution is -2.09. The Morgan fingerprint density at radius 1 is 1.04 bits per heavy atom. The van der Waals surface area contributed by atoms with Gasteiger partial charge in [-0.15, -0.1) is 0 Å². The van der Waals surface area contributed by atoms with Gasteiger partial charge in [-0.05, 0) is 42.0 Å². The lowest BCUT2D eigenvalue weighted by molar-refractivity contribution is -0.134. The van der Waals surface area contributed by atoms with Gasteiger partial charge in [0.1, 0.15) is 19.0 Å². The van der Waals surface area contributed by atoms with Crippen LogP contribution < -0.4 is 14.2 Å². The van der Waals surface area contributed by atoms with E-state index in [0.29, 0.717) is 35.5 Å². The summed E-state index contributed by atoms with van der Waals surface area (Å²) in [4.78, 5) is 11.1. The first-order valence-corrected chi connectivity index (χ1v) is 7.95. The summed E-state index contributed by atoms with van der Waals surface area (Å²) in [6.45, 7) is 0.716. The number of halogens is 1. The topological polar surface area (TPSA) is 54.0 Å². The Labute approximate surface area is 151 Å². The fourth-order valence-corrected chi connectivity index (χ4v) is 2.19. The van der Waals surface area contributed by atoms with Crippen LogP contribution in [0.15, 0.2) is 48.5 Å². The third-order valence-corrected chi connectivity index (χ3v) is 3.44. The summed E-state index contributed by atoms with van der Waals surface area (Å²) in [5, 5.41) is 0.621. The number of carbonyl (C=O) groups excluding carboxylic acids is 1. The van der Waals surface area contributed by atoms with Crippen LogP contribution in [0.4, 0.5) is 0 Å². The molecule has 0 aliphatic carbocycles. The lowest BCUT2D eigenvalue weighted by Gasteiger charge is -2.12. The Morgan fingerprint density at radius 2 is 1.84 bits per heavy atom. The first-order chi connectivity index (χ1) is 12.1. The number of methoxy groups -OCH3 is 2. The molecule has 0 spiro atoms. The first kappa shape index (κ1) is 18.7. The molecule has 0 saturated carbocycles. The first-order valence-electron chi connectivity index (χ1n) is 7.57. The predicted octanol–water partition coefficient (Wildman–Crippen LogP) is 3.99. The van der Waals surface area contributed by atoms with Crippen molar-refractivity contribution in [1.82, 2.24) is 0 Å². The van der Waals surface area contributed by atoms with Crippen LogP contribution in [-0.4, -0.2) is 33.4 Å². The second-order valence-electron chi connectivity index (χ2n) is 4.92. The molecule has 0 fully saturated rings. The molecule has 0 aliphatic heterocycles. The van der Waals surface area contributed by atoms with Crippen LogP contribution >= 0.6 is 11.6 Å². The summed E-state index contributed by atoms with van der Waals surface area (Å²) in [6.07, 6.45) is 2.98. The normalized spacial score (nSPS) is 10.5. The van der Waals surface area contributed by atoms with Crippen molar-refractivity contribution in [1.29, 1.82) is 0 Å². The predicted molar refractivity (Wildman–Crippen MR) is 96.5 cm³/mol. The molecule has 2 aromatic carbocycles. The summed E-state index contributed by atoms with van der Waals surface area (Å²) >= 11 is 5.90. The van der Waals surface area contributed by atoms with Crippen LogP contribution in [0.2, 0.25) is 5.02 Å². The highest BCUT2D eigenvalue weighted by Crippen LogP contribution is 2.28. The molecule has 5 nitrogen and oxygen atoms in total. The monoisotopic (exact) mass is 362 g/mol. The summed E-state index contributed by atoms with van der Waals surface area (Å²) < 4.78 is 21.1. The Balaban J connectivity index is 1.90. The number of rotatable bonds is 8. The zero-order valence-electron chi connectivity index (χ0n) is 14.0. The van der Waals surface area contributed by atoms with Gasteiger partial charge in [0.15, 0.2) is 11.5 Å². The van der Waals surface area contributed by atoms with Gasteiger partial charge < -0.3 is 18.9 Å². The van der Waals surface area contributed by atoms with E-state index in [4.69, 9.17) is 25.8 Å². The fraction of sp³-hybridized carbons (Fsp3) is 0.211.